The third-order valence-electron chi connectivity index (χ3n) is 5.98. The SMILES string of the molecule is CC(C)C1CCC(C(=O)N[C@H](Cc2ccccc2)C(=O)OCCNC(=O)OC(C)(C)C)CC1. The molecular formula is C26H40N2O5. The van der Waals surface area contributed by atoms with Crippen LogP contribution in [0.5, 0.6) is 0 Å². The molecule has 7 nitrogen and oxygen atoms in total. The van der Waals surface area contributed by atoms with Crippen LogP contribution in [0.15, 0.2) is 30.3 Å². The minimum atomic E-state index is -0.774. The van der Waals surface area contributed by atoms with E-state index in [2.05, 4.69) is 24.5 Å². The van der Waals surface area contributed by atoms with Gasteiger partial charge in [0.05, 0.1) is 6.54 Å². The quantitative estimate of drug-likeness (QED) is 0.425. The van der Waals surface area contributed by atoms with Gasteiger partial charge in [-0.1, -0.05) is 44.2 Å². The predicted molar refractivity (Wildman–Crippen MR) is 128 cm³/mol. The van der Waals surface area contributed by atoms with Crippen molar-refractivity contribution in [2.45, 2.75) is 78.4 Å². The van der Waals surface area contributed by atoms with Gasteiger partial charge in [0.25, 0.3) is 0 Å². The first-order valence-electron chi connectivity index (χ1n) is 12.0. The van der Waals surface area contributed by atoms with E-state index in [9.17, 15) is 14.4 Å². The monoisotopic (exact) mass is 460 g/mol. The van der Waals surface area contributed by atoms with Gasteiger partial charge in [0, 0.05) is 12.3 Å². The molecule has 1 aliphatic carbocycles. The second-order valence-corrected chi connectivity index (χ2v) is 10.2. The number of nitrogens with one attached hydrogen (secondary N) is 2. The largest absolute Gasteiger partial charge is 0.462 e. The van der Waals surface area contributed by atoms with Crippen molar-refractivity contribution in [3.8, 4) is 0 Å². The van der Waals surface area contributed by atoms with Gasteiger partial charge in [0.2, 0.25) is 5.91 Å². The fraction of sp³-hybridized carbons (Fsp3) is 0.654. The van der Waals surface area contributed by atoms with E-state index in [-0.39, 0.29) is 25.0 Å². The van der Waals surface area contributed by atoms with Crippen molar-refractivity contribution in [1.29, 1.82) is 0 Å². The molecule has 1 aromatic rings. The van der Waals surface area contributed by atoms with Crippen LogP contribution >= 0.6 is 0 Å². The number of amides is 2. The minimum absolute atomic E-state index is 0.00126. The molecule has 0 aliphatic heterocycles. The van der Waals surface area contributed by atoms with Crippen LogP contribution in [-0.2, 0) is 25.5 Å². The molecule has 0 radical (unpaired) electrons. The lowest BCUT2D eigenvalue weighted by atomic mass is 9.76. The molecule has 1 aliphatic rings. The van der Waals surface area contributed by atoms with Gasteiger partial charge in [0.15, 0.2) is 0 Å². The summed E-state index contributed by atoms with van der Waals surface area (Å²) in [6, 6.07) is 8.78. The molecule has 2 N–H and O–H groups in total. The number of carbonyl (C=O) groups is 3. The number of ether oxygens (including phenoxy) is 2. The molecule has 2 amide bonds. The Morgan fingerprint density at radius 2 is 1.67 bits per heavy atom. The van der Waals surface area contributed by atoms with E-state index in [1.54, 1.807) is 20.8 Å². The van der Waals surface area contributed by atoms with Crippen molar-refractivity contribution < 1.29 is 23.9 Å². The summed E-state index contributed by atoms with van der Waals surface area (Å²) in [7, 11) is 0. The molecule has 7 heteroatoms. The van der Waals surface area contributed by atoms with Crippen molar-refractivity contribution in [2.24, 2.45) is 17.8 Å². The van der Waals surface area contributed by atoms with E-state index in [1.807, 2.05) is 30.3 Å². The Bertz CT molecular complexity index is 765. The standard InChI is InChI=1S/C26H40N2O5/c1-18(2)20-11-13-21(14-12-20)23(29)28-22(17-19-9-7-6-8-10-19)24(30)32-16-15-27-25(31)33-26(3,4)5/h6-10,18,20-22H,11-17H2,1-5H3,(H,27,31)(H,28,29)/t20?,21?,22-/m1/s1. The normalized spacial score (nSPS) is 19.5. The average molecular weight is 461 g/mol. The molecule has 0 aromatic heterocycles. The molecule has 1 aromatic carbocycles. The number of hydrogen-bond acceptors (Lipinski definition) is 5. The molecule has 1 fully saturated rings. The molecule has 184 valence electrons. The summed E-state index contributed by atoms with van der Waals surface area (Å²) in [6.07, 6.45) is 3.57. The highest BCUT2D eigenvalue weighted by molar-refractivity contribution is 5.86. The zero-order valence-electron chi connectivity index (χ0n) is 20.7. The summed E-state index contributed by atoms with van der Waals surface area (Å²) in [5.41, 5.74) is 0.343. The number of esters is 1. The van der Waals surface area contributed by atoms with Crippen LogP contribution in [0.3, 0.4) is 0 Å². The number of hydrogen-bond donors (Lipinski definition) is 2. The summed E-state index contributed by atoms with van der Waals surface area (Å²) in [6.45, 7) is 9.92. The van der Waals surface area contributed by atoms with E-state index < -0.39 is 23.7 Å². The molecule has 0 saturated heterocycles. The minimum Gasteiger partial charge on any atom is -0.462 e. The Balaban J connectivity index is 1.90. The molecule has 33 heavy (non-hydrogen) atoms. The van der Waals surface area contributed by atoms with Gasteiger partial charge in [-0.3, -0.25) is 4.79 Å². The fourth-order valence-electron chi connectivity index (χ4n) is 4.10. The number of alkyl carbamates (subject to hydrolysis) is 1. The molecule has 0 unspecified atom stereocenters. The maximum absolute atomic E-state index is 12.9. The maximum Gasteiger partial charge on any atom is 0.407 e. The Labute approximate surface area is 198 Å². The van der Waals surface area contributed by atoms with Crippen LogP contribution < -0.4 is 10.6 Å². The summed E-state index contributed by atoms with van der Waals surface area (Å²) < 4.78 is 10.5. The van der Waals surface area contributed by atoms with Crippen LogP contribution in [0.25, 0.3) is 0 Å². The van der Waals surface area contributed by atoms with E-state index in [1.165, 1.54) is 0 Å². The lowest BCUT2D eigenvalue weighted by molar-refractivity contribution is -0.148. The smallest absolute Gasteiger partial charge is 0.407 e. The van der Waals surface area contributed by atoms with Crippen molar-refractivity contribution >= 4 is 18.0 Å². The van der Waals surface area contributed by atoms with Crippen molar-refractivity contribution in [3.63, 3.8) is 0 Å². The topological polar surface area (TPSA) is 93.7 Å². The molecule has 0 heterocycles. The highest BCUT2D eigenvalue weighted by Gasteiger charge is 2.31. The van der Waals surface area contributed by atoms with Crippen molar-refractivity contribution in [1.82, 2.24) is 10.6 Å². The Hall–Kier alpha value is -2.57. The lowest BCUT2D eigenvalue weighted by Crippen LogP contribution is -2.47. The van der Waals surface area contributed by atoms with E-state index in [0.29, 0.717) is 18.3 Å². The zero-order chi connectivity index (χ0) is 24.4. The van der Waals surface area contributed by atoms with Crippen LogP contribution in [0, 0.1) is 17.8 Å². The van der Waals surface area contributed by atoms with Gasteiger partial charge >= 0.3 is 12.1 Å². The number of carbonyl (C=O) groups excluding carboxylic acids is 3. The first-order valence-corrected chi connectivity index (χ1v) is 12.0. The Morgan fingerprint density at radius 3 is 2.24 bits per heavy atom. The lowest BCUT2D eigenvalue weighted by Gasteiger charge is -2.31. The molecule has 1 saturated carbocycles. The second-order valence-electron chi connectivity index (χ2n) is 10.2. The van der Waals surface area contributed by atoms with Gasteiger partial charge in [-0.15, -0.1) is 0 Å². The van der Waals surface area contributed by atoms with Crippen LogP contribution in [-0.4, -0.2) is 42.8 Å². The van der Waals surface area contributed by atoms with Crippen LogP contribution in [0.4, 0.5) is 4.79 Å². The number of benzene rings is 1. The Morgan fingerprint density at radius 1 is 1.03 bits per heavy atom. The molecule has 0 bridgehead atoms. The zero-order valence-corrected chi connectivity index (χ0v) is 20.7. The summed E-state index contributed by atoms with van der Waals surface area (Å²) >= 11 is 0. The first-order chi connectivity index (χ1) is 15.5. The highest BCUT2D eigenvalue weighted by Crippen LogP contribution is 2.33. The first kappa shape index (κ1) is 26.7. The molecule has 0 spiro atoms. The number of rotatable bonds is 9. The van der Waals surface area contributed by atoms with Crippen molar-refractivity contribution in [3.05, 3.63) is 35.9 Å². The molecular weight excluding hydrogens is 420 g/mol. The van der Waals surface area contributed by atoms with Gasteiger partial charge in [-0.2, -0.15) is 0 Å². The second kappa shape index (κ2) is 12.6. The van der Waals surface area contributed by atoms with E-state index >= 15 is 0 Å². The van der Waals surface area contributed by atoms with Crippen LogP contribution in [0.1, 0.15) is 65.9 Å². The highest BCUT2D eigenvalue weighted by atomic mass is 16.6. The van der Waals surface area contributed by atoms with Gasteiger partial charge in [0.1, 0.15) is 18.2 Å². The van der Waals surface area contributed by atoms with E-state index in [4.69, 9.17) is 9.47 Å². The third kappa shape index (κ3) is 9.84. The predicted octanol–water partition coefficient (Wildman–Crippen LogP) is 4.24. The van der Waals surface area contributed by atoms with E-state index in [0.717, 1.165) is 31.2 Å². The Kier molecular flexibility index (Phi) is 10.2. The van der Waals surface area contributed by atoms with Gasteiger partial charge in [-0.05, 0) is 63.9 Å². The summed E-state index contributed by atoms with van der Waals surface area (Å²) in [5, 5.41) is 5.50. The van der Waals surface area contributed by atoms with Crippen LogP contribution in [0.2, 0.25) is 0 Å². The third-order valence-corrected chi connectivity index (χ3v) is 5.98. The average Bonchev–Trinajstić information content (AvgIpc) is 2.75. The van der Waals surface area contributed by atoms with Crippen molar-refractivity contribution in [2.75, 3.05) is 13.2 Å². The molecule has 2 rings (SSSR count). The summed E-state index contributed by atoms with van der Waals surface area (Å²) in [5.74, 6) is 0.636. The van der Waals surface area contributed by atoms with Gasteiger partial charge < -0.3 is 20.1 Å². The van der Waals surface area contributed by atoms with Gasteiger partial charge in [-0.25, -0.2) is 9.59 Å². The molecule has 1 atom stereocenters. The summed E-state index contributed by atoms with van der Waals surface area (Å²) in [4.78, 5) is 37.5. The fourth-order valence-corrected chi connectivity index (χ4v) is 4.10. The maximum atomic E-state index is 12.9.